The number of methoxy groups -OCH3 is 1. The molecule has 0 saturated heterocycles. The predicted octanol–water partition coefficient (Wildman–Crippen LogP) is 1.32. The van der Waals surface area contributed by atoms with Crippen LogP contribution in [0.3, 0.4) is 0 Å². The summed E-state index contributed by atoms with van der Waals surface area (Å²) in [6.07, 6.45) is -1.79. The van der Waals surface area contributed by atoms with Crippen LogP contribution >= 0.6 is 0 Å². The van der Waals surface area contributed by atoms with Crippen LogP contribution in [0.25, 0.3) is 0 Å². The van der Waals surface area contributed by atoms with E-state index in [4.69, 9.17) is 10.2 Å². The molecule has 0 aromatic carbocycles. The summed E-state index contributed by atoms with van der Waals surface area (Å²) in [4.78, 5) is 44.0. The zero-order valence-electron chi connectivity index (χ0n) is 12.8. The lowest BCUT2D eigenvalue weighted by Gasteiger charge is -2.31. The highest BCUT2D eigenvalue weighted by Crippen LogP contribution is 2.37. The number of carbonyl (C=O) groups is 3. The molecule has 1 atom stereocenters. The molecule has 0 aliphatic heterocycles. The second-order valence-electron chi connectivity index (χ2n) is 5.82. The molecular formula is C13H21NO8. The lowest BCUT2D eigenvalue weighted by atomic mass is 9.74. The Kier molecular flexibility index (Phi) is 6.95. The topological polar surface area (TPSA) is 144 Å². The van der Waals surface area contributed by atoms with Gasteiger partial charge in [-0.15, -0.1) is 0 Å². The summed E-state index contributed by atoms with van der Waals surface area (Å²) in [5.74, 6) is -3.13. The monoisotopic (exact) mass is 319 g/mol. The number of nitro groups is 1. The van der Waals surface area contributed by atoms with Crippen molar-refractivity contribution in [3.8, 4) is 0 Å². The van der Waals surface area contributed by atoms with E-state index in [1.165, 1.54) is 13.8 Å². The van der Waals surface area contributed by atoms with Gasteiger partial charge in [0.05, 0.1) is 25.4 Å². The van der Waals surface area contributed by atoms with E-state index in [2.05, 4.69) is 4.74 Å². The van der Waals surface area contributed by atoms with Crippen molar-refractivity contribution >= 4 is 17.9 Å². The van der Waals surface area contributed by atoms with Gasteiger partial charge in [-0.2, -0.15) is 0 Å². The lowest BCUT2D eigenvalue weighted by Crippen LogP contribution is -2.45. The van der Waals surface area contributed by atoms with Crippen molar-refractivity contribution in [1.82, 2.24) is 0 Å². The van der Waals surface area contributed by atoms with Gasteiger partial charge in [-0.3, -0.25) is 24.5 Å². The zero-order chi connectivity index (χ0) is 17.6. The van der Waals surface area contributed by atoms with E-state index in [1.54, 1.807) is 0 Å². The Hall–Kier alpha value is -2.19. The smallest absolute Gasteiger partial charge is 0.309 e. The van der Waals surface area contributed by atoms with E-state index in [9.17, 15) is 24.5 Å². The first-order chi connectivity index (χ1) is 9.96. The van der Waals surface area contributed by atoms with Crippen LogP contribution < -0.4 is 0 Å². The van der Waals surface area contributed by atoms with Crippen molar-refractivity contribution in [3.05, 3.63) is 10.1 Å². The Morgan fingerprint density at radius 3 is 2.00 bits per heavy atom. The first-order valence-corrected chi connectivity index (χ1v) is 6.63. The minimum absolute atomic E-state index is 0.281. The molecule has 0 heterocycles. The maximum atomic E-state index is 11.5. The summed E-state index contributed by atoms with van der Waals surface area (Å²) in [6, 6.07) is 0. The van der Waals surface area contributed by atoms with Gasteiger partial charge < -0.3 is 14.9 Å². The largest absolute Gasteiger partial charge is 0.481 e. The minimum Gasteiger partial charge on any atom is -0.481 e. The van der Waals surface area contributed by atoms with Gasteiger partial charge in [0.25, 0.3) is 0 Å². The number of hydrogen-bond acceptors (Lipinski definition) is 6. The highest BCUT2D eigenvalue weighted by Gasteiger charge is 2.49. The summed E-state index contributed by atoms with van der Waals surface area (Å²) < 4.78 is 4.43. The third-order valence-electron chi connectivity index (χ3n) is 3.56. The van der Waals surface area contributed by atoms with Crippen molar-refractivity contribution in [2.45, 2.75) is 51.5 Å². The van der Waals surface area contributed by atoms with Crippen molar-refractivity contribution in [2.75, 3.05) is 7.11 Å². The molecule has 22 heavy (non-hydrogen) atoms. The summed E-state index contributed by atoms with van der Waals surface area (Å²) in [5, 5.41) is 29.4. The SMILES string of the molecule is COC(=O)CCC(CCC(=O)O)(CC(C)(C)C(=O)O)[N+](=O)[O-]. The van der Waals surface area contributed by atoms with Gasteiger partial charge in [0.2, 0.25) is 5.54 Å². The van der Waals surface area contributed by atoms with E-state index >= 15 is 0 Å². The Balaban J connectivity index is 5.45. The van der Waals surface area contributed by atoms with Crippen LogP contribution in [0, 0.1) is 15.5 Å². The Labute approximate surface area is 127 Å². The predicted molar refractivity (Wildman–Crippen MR) is 73.9 cm³/mol. The molecule has 0 aliphatic rings. The molecule has 0 saturated carbocycles. The molecule has 9 heteroatoms. The summed E-state index contributed by atoms with van der Waals surface area (Å²) in [5.41, 5.74) is -3.24. The fourth-order valence-corrected chi connectivity index (χ4v) is 2.22. The molecule has 0 aliphatic carbocycles. The fraction of sp³-hybridized carbons (Fsp3) is 0.769. The molecule has 0 spiro atoms. The van der Waals surface area contributed by atoms with Crippen molar-refractivity contribution in [3.63, 3.8) is 0 Å². The van der Waals surface area contributed by atoms with Crippen LogP contribution in [0.2, 0.25) is 0 Å². The van der Waals surface area contributed by atoms with Gasteiger partial charge in [0.15, 0.2) is 0 Å². The van der Waals surface area contributed by atoms with Gasteiger partial charge in [-0.25, -0.2) is 0 Å². The first kappa shape index (κ1) is 19.8. The van der Waals surface area contributed by atoms with E-state index in [0.29, 0.717) is 0 Å². The van der Waals surface area contributed by atoms with E-state index in [0.717, 1.165) is 7.11 Å². The fourth-order valence-electron chi connectivity index (χ4n) is 2.22. The number of aliphatic carboxylic acids is 2. The van der Waals surface area contributed by atoms with Crippen LogP contribution in [0.1, 0.15) is 46.0 Å². The summed E-state index contributed by atoms with van der Waals surface area (Å²) >= 11 is 0. The third-order valence-corrected chi connectivity index (χ3v) is 3.56. The van der Waals surface area contributed by atoms with Crippen LogP contribution in [0.5, 0.6) is 0 Å². The molecule has 0 fully saturated rings. The van der Waals surface area contributed by atoms with Gasteiger partial charge in [-0.1, -0.05) is 0 Å². The minimum atomic E-state index is -1.81. The molecule has 126 valence electrons. The highest BCUT2D eigenvalue weighted by atomic mass is 16.6. The number of esters is 1. The number of nitrogens with zero attached hydrogens (tertiary/aromatic N) is 1. The molecule has 0 radical (unpaired) electrons. The molecule has 0 aromatic heterocycles. The molecular weight excluding hydrogens is 298 g/mol. The Morgan fingerprint density at radius 2 is 1.64 bits per heavy atom. The average Bonchev–Trinajstić information content (AvgIpc) is 2.40. The van der Waals surface area contributed by atoms with E-state index in [-0.39, 0.29) is 25.7 Å². The Bertz CT molecular complexity index is 459. The molecule has 2 N–H and O–H groups in total. The quantitative estimate of drug-likeness (QED) is 0.348. The van der Waals surface area contributed by atoms with Gasteiger partial charge >= 0.3 is 17.9 Å². The van der Waals surface area contributed by atoms with Crippen molar-refractivity contribution in [1.29, 1.82) is 0 Å². The van der Waals surface area contributed by atoms with Crippen LogP contribution in [-0.4, -0.2) is 45.7 Å². The number of carbonyl (C=O) groups excluding carboxylic acids is 1. The number of carboxylic acid groups (broad SMARTS) is 2. The molecule has 0 bridgehead atoms. The normalized spacial score (nSPS) is 14.0. The second kappa shape index (κ2) is 7.71. The molecule has 0 rings (SSSR count). The van der Waals surface area contributed by atoms with E-state index in [1.807, 2.05) is 0 Å². The maximum Gasteiger partial charge on any atom is 0.309 e. The molecule has 0 amide bonds. The lowest BCUT2D eigenvalue weighted by molar-refractivity contribution is -0.576. The number of ether oxygens (including phenoxy) is 1. The summed E-state index contributed by atoms with van der Waals surface area (Å²) in [6.45, 7) is 2.65. The Morgan fingerprint density at radius 1 is 1.14 bits per heavy atom. The number of rotatable bonds is 10. The second-order valence-corrected chi connectivity index (χ2v) is 5.82. The van der Waals surface area contributed by atoms with Crippen LogP contribution in [0.4, 0.5) is 0 Å². The molecule has 1 unspecified atom stereocenters. The number of carboxylic acids is 2. The highest BCUT2D eigenvalue weighted by molar-refractivity contribution is 5.74. The van der Waals surface area contributed by atoms with Gasteiger partial charge in [0.1, 0.15) is 0 Å². The molecule has 0 aromatic rings. The number of hydrogen-bond donors (Lipinski definition) is 2. The van der Waals surface area contributed by atoms with Crippen LogP contribution in [0.15, 0.2) is 0 Å². The van der Waals surface area contributed by atoms with Crippen molar-refractivity contribution in [2.24, 2.45) is 5.41 Å². The van der Waals surface area contributed by atoms with Crippen LogP contribution in [-0.2, 0) is 19.1 Å². The first-order valence-electron chi connectivity index (χ1n) is 6.63. The maximum absolute atomic E-state index is 11.5. The van der Waals surface area contributed by atoms with Crippen molar-refractivity contribution < 1.29 is 34.3 Å². The van der Waals surface area contributed by atoms with E-state index < -0.39 is 40.2 Å². The molecule has 9 nitrogen and oxygen atoms in total. The standard InChI is InChI=1S/C13H21NO8/c1-12(2,11(18)19)8-13(14(20)21,6-4-9(15)16)7-5-10(17)22-3/h4-8H2,1-3H3,(H,15,16)(H,18,19). The third kappa shape index (κ3) is 5.66. The van der Waals surface area contributed by atoms with Gasteiger partial charge in [-0.05, 0) is 13.8 Å². The summed E-state index contributed by atoms with van der Waals surface area (Å²) in [7, 11) is 1.13. The average molecular weight is 319 g/mol. The zero-order valence-corrected chi connectivity index (χ0v) is 12.8. The van der Waals surface area contributed by atoms with Gasteiger partial charge in [0, 0.05) is 24.2 Å².